The molecule has 0 aliphatic carbocycles. The van der Waals surface area contributed by atoms with Crippen molar-refractivity contribution in [3.63, 3.8) is 0 Å². The summed E-state index contributed by atoms with van der Waals surface area (Å²) in [4.78, 5) is 25.3. The molecular weight excluding hydrogens is 369 g/mol. The van der Waals surface area contributed by atoms with Gasteiger partial charge in [0, 0.05) is 22.2 Å². The Bertz CT molecular complexity index is 544. The van der Waals surface area contributed by atoms with Crippen molar-refractivity contribution in [3.05, 3.63) is 32.9 Å². The number of carbonyl (C=O) groups is 2. The van der Waals surface area contributed by atoms with Crippen LogP contribution in [0.3, 0.4) is 0 Å². The minimum absolute atomic E-state index is 0.0688. The summed E-state index contributed by atoms with van der Waals surface area (Å²) in [5, 5.41) is 9.17. The van der Waals surface area contributed by atoms with E-state index in [-0.39, 0.29) is 11.8 Å². The third kappa shape index (κ3) is 3.31. The van der Waals surface area contributed by atoms with Crippen LogP contribution >= 0.6 is 22.6 Å². The van der Waals surface area contributed by atoms with Gasteiger partial charge in [-0.05, 0) is 59.5 Å². The van der Waals surface area contributed by atoms with Gasteiger partial charge in [0.25, 0.3) is 5.91 Å². The summed E-state index contributed by atoms with van der Waals surface area (Å²) < 4.78 is 1.05. The lowest BCUT2D eigenvalue weighted by Gasteiger charge is -2.34. The number of carboxylic acids is 1. The van der Waals surface area contributed by atoms with Gasteiger partial charge in [0.2, 0.25) is 0 Å². The summed E-state index contributed by atoms with van der Waals surface area (Å²) in [6.07, 6.45) is 0.643. The highest BCUT2D eigenvalue weighted by Gasteiger charge is 2.32. The molecule has 1 N–H and O–H groups in total. The van der Waals surface area contributed by atoms with E-state index in [2.05, 4.69) is 22.6 Å². The molecule has 0 bridgehead atoms. The molecule has 1 aliphatic rings. The van der Waals surface area contributed by atoms with E-state index in [0.29, 0.717) is 25.1 Å². The van der Waals surface area contributed by atoms with Gasteiger partial charge in [0.05, 0.1) is 5.92 Å². The first kappa shape index (κ1) is 15.3. The Morgan fingerprint density at radius 3 is 2.65 bits per heavy atom. The van der Waals surface area contributed by atoms with Crippen molar-refractivity contribution in [2.45, 2.75) is 20.3 Å². The Morgan fingerprint density at radius 2 is 2.05 bits per heavy atom. The van der Waals surface area contributed by atoms with E-state index in [1.807, 2.05) is 32.0 Å². The largest absolute Gasteiger partial charge is 0.481 e. The van der Waals surface area contributed by atoms with Crippen molar-refractivity contribution in [1.29, 1.82) is 0 Å². The topological polar surface area (TPSA) is 57.6 Å². The molecule has 2 unspecified atom stereocenters. The first-order chi connectivity index (χ1) is 9.38. The number of aryl methyl sites for hydroxylation is 1. The molecule has 1 saturated heterocycles. The molecule has 0 saturated carbocycles. The second kappa shape index (κ2) is 6.11. The molecule has 108 valence electrons. The quantitative estimate of drug-likeness (QED) is 0.795. The summed E-state index contributed by atoms with van der Waals surface area (Å²) in [7, 11) is 0. The van der Waals surface area contributed by atoms with Gasteiger partial charge in [0.15, 0.2) is 0 Å². The van der Waals surface area contributed by atoms with E-state index in [0.717, 1.165) is 9.13 Å². The highest BCUT2D eigenvalue weighted by atomic mass is 127. The van der Waals surface area contributed by atoms with Crippen LogP contribution in [0, 0.1) is 22.3 Å². The highest BCUT2D eigenvalue weighted by molar-refractivity contribution is 14.1. The van der Waals surface area contributed by atoms with Crippen molar-refractivity contribution >= 4 is 34.5 Å². The number of amides is 1. The molecule has 2 rings (SSSR count). The fourth-order valence-corrected chi connectivity index (χ4v) is 3.12. The Morgan fingerprint density at radius 1 is 1.35 bits per heavy atom. The van der Waals surface area contributed by atoms with Crippen molar-refractivity contribution in [3.8, 4) is 0 Å². The number of piperidine rings is 1. The van der Waals surface area contributed by atoms with E-state index >= 15 is 0 Å². The van der Waals surface area contributed by atoms with Crippen LogP contribution in [0.15, 0.2) is 18.2 Å². The molecule has 0 aromatic heterocycles. The zero-order chi connectivity index (χ0) is 14.9. The predicted octanol–water partition coefficient (Wildman–Crippen LogP) is 2.78. The number of aliphatic carboxylic acids is 1. The smallest absolute Gasteiger partial charge is 0.308 e. The number of carbonyl (C=O) groups excluding carboxylic acids is 1. The van der Waals surface area contributed by atoms with Crippen molar-refractivity contribution < 1.29 is 14.7 Å². The lowest BCUT2D eigenvalue weighted by Crippen LogP contribution is -2.45. The minimum Gasteiger partial charge on any atom is -0.481 e. The normalized spacial score (nSPS) is 22.6. The summed E-state index contributed by atoms with van der Waals surface area (Å²) in [6.45, 7) is 4.93. The number of hydrogen-bond acceptors (Lipinski definition) is 2. The van der Waals surface area contributed by atoms with Gasteiger partial charge in [-0.2, -0.15) is 0 Å². The molecule has 20 heavy (non-hydrogen) atoms. The number of benzene rings is 1. The molecule has 0 spiro atoms. The second-order valence-corrected chi connectivity index (χ2v) is 6.71. The van der Waals surface area contributed by atoms with Crippen LogP contribution in [0.2, 0.25) is 0 Å². The van der Waals surface area contributed by atoms with Crippen LogP contribution in [0.25, 0.3) is 0 Å². The van der Waals surface area contributed by atoms with Crippen molar-refractivity contribution in [2.24, 2.45) is 11.8 Å². The predicted molar refractivity (Wildman–Crippen MR) is 84.7 cm³/mol. The van der Waals surface area contributed by atoms with Crippen LogP contribution < -0.4 is 0 Å². The van der Waals surface area contributed by atoms with Gasteiger partial charge in [-0.15, -0.1) is 0 Å². The third-order valence-electron chi connectivity index (χ3n) is 3.71. The molecule has 1 fully saturated rings. The number of carboxylic acid groups (broad SMARTS) is 1. The van der Waals surface area contributed by atoms with Crippen molar-refractivity contribution in [1.82, 2.24) is 4.90 Å². The molecular formula is C15H18INO3. The number of halogens is 1. The molecule has 1 amide bonds. The molecule has 2 atom stereocenters. The molecule has 1 aliphatic heterocycles. The fourth-order valence-electron chi connectivity index (χ4n) is 2.60. The summed E-state index contributed by atoms with van der Waals surface area (Å²) in [5.74, 6) is -1.11. The summed E-state index contributed by atoms with van der Waals surface area (Å²) >= 11 is 2.21. The number of hydrogen-bond donors (Lipinski definition) is 1. The van der Waals surface area contributed by atoms with Gasteiger partial charge < -0.3 is 10.0 Å². The monoisotopic (exact) mass is 387 g/mol. The first-order valence-corrected chi connectivity index (χ1v) is 7.74. The van der Waals surface area contributed by atoms with Crippen LogP contribution in [0.1, 0.15) is 29.3 Å². The van der Waals surface area contributed by atoms with E-state index in [4.69, 9.17) is 5.11 Å². The second-order valence-electron chi connectivity index (χ2n) is 5.55. The van der Waals surface area contributed by atoms with Gasteiger partial charge in [-0.3, -0.25) is 9.59 Å². The SMILES string of the molecule is Cc1ccc(C(=O)N2CC(C)CC(C(=O)O)C2)cc1I. The lowest BCUT2D eigenvalue weighted by atomic mass is 9.90. The Labute approximate surface area is 132 Å². The summed E-state index contributed by atoms with van der Waals surface area (Å²) in [6, 6.07) is 5.61. The zero-order valence-corrected chi connectivity index (χ0v) is 13.8. The Hall–Kier alpha value is -1.11. The van der Waals surface area contributed by atoms with Gasteiger partial charge in [-0.25, -0.2) is 0 Å². The van der Waals surface area contributed by atoms with Crippen LogP contribution in [0.5, 0.6) is 0 Å². The minimum atomic E-state index is -0.812. The average molecular weight is 387 g/mol. The summed E-state index contributed by atoms with van der Waals surface area (Å²) in [5.41, 5.74) is 1.77. The van der Waals surface area contributed by atoms with Crippen LogP contribution in [-0.2, 0) is 4.79 Å². The van der Waals surface area contributed by atoms with Crippen LogP contribution in [-0.4, -0.2) is 35.0 Å². The standard InChI is InChI=1S/C15H18INO3/c1-9-5-12(15(19)20)8-17(7-9)14(18)11-4-3-10(2)13(16)6-11/h3-4,6,9,12H,5,7-8H2,1-2H3,(H,19,20). The Balaban J connectivity index is 2.19. The van der Waals surface area contributed by atoms with Gasteiger partial charge >= 0.3 is 5.97 Å². The maximum absolute atomic E-state index is 12.5. The first-order valence-electron chi connectivity index (χ1n) is 6.66. The maximum atomic E-state index is 12.5. The van der Waals surface area contributed by atoms with E-state index in [9.17, 15) is 9.59 Å². The van der Waals surface area contributed by atoms with Gasteiger partial charge in [-0.1, -0.05) is 13.0 Å². The molecule has 0 radical (unpaired) electrons. The maximum Gasteiger partial charge on any atom is 0.308 e. The fraction of sp³-hybridized carbons (Fsp3) is 0.467. The van der Waals surface area contributed by atoms with E-state index < -0.39 is 11.9 Å². The van der Waals surface area contributed by atoms with Crippen molar-refractivity contribution in [2.75, 3.05) is 13.1 Å². The molecule has 5 heteroatoms. The molecule has 1 aromatic carbocycles. The third-order valence-corrected chi connectivity index (χ3v) is 4.88. The molecule has 4 nitrogen and oxygen atoms in total. The molecule has 1 heterocycles. The van der Waals surface area contributed by atoms with Crippen LogP contribution in [0.4, 0.5) is 0 Å². The Kier molecular flexibility index (Phi) is 4.67. The molecule has 1 aromatic rings. The number of likely N-dealkylation sites (tertiary alicyclic amines) is 1. The zero-order valence-electron chi connectivity index (χ0n) is 11.6. The van der Waals surface area contributed by atoms with E-state index in [1.165, 1.54) is 0 Å². The number of rotatable bonds is 2. The number of nitrogens with zero attached hydrogens (tertiary/aromatic N) is 1. The van der Waals surface area contributed by atoms with Gasteiger partial charge in [0.1, 0.15) is 0 Å². The van der Waals surface area contributed by atoms with E-state index in [1.54, 1.807) is 4.90 Å². The lowest BCUT2D eigenvalue weighted by molar-refractivity contribution is -0.143. The highest BCUT2D eigenvalue weighted by Crippen LogP contribution is 2.24. The average Bonchev–Trinajstić information content (AvgIpc) is 2.40.